The normalized spacial score (nSPS) is 36.9. The van der Waals surface area contributed by atoms with Gasteiger partial charge in [-0.3, -0.25) is 0 Å². The lowest BCUT2D eigenvalue weighted by Crippen LogP contribution is -2.72. The first-order chi connectivity index (χ1) is 37.2. The standard InChI is InChI=1S/C65H90O12Si/c1-60(2,3)78(8,9)76-52-37-56-62(5,45-63(6)55(72-56)36-51(69-42-48-27-18-12-19-28-48)54(74-63)44-68-41-47-25-16-11-17-26-47)73-53(52)39-65(66)33-32-61(4)57(75-65)38-59-64(7,77-61)58(70-43-49-29-20-13-21-30-49)35-50(71-59)31-22-34-67-40-46-23-14-10-15-24-46/h10-21,23-30,50-59,66H,22,31-45H2,1-9H3/t50-,51-,52+,53-,54+,55+,56-,57-,58-,59+,61+,62+,63-,64-,65?/m0/s1. The van der Waals surface area contributed by atoms with E-state index in [9.17, 15) is 5.11 Å². The number of hydrogen-bond acceptors (Lipinski definition) is 12. The van der Waals surface area contributed by atoms with Gasteiger partial charge in [-0.1, -0.05) is 142 Å². The molecular weight excluding hydrogens is 1000 g/mol. The third-order valence-corrected chi connectivity index (χ3v) is 23.2. The van der Waals surface area contributed by atoms with Crippen molar-refractivity contribution in [1.82, 2.24) is 0 Å². The first-order valence-corrected chi connectivity index (χ1v) is 32.1. The summed E-state index contributed by atoms with van der Waals surface area (Å²) in [6.45, 7) is 23.0. The van der Waals surface area contributed by atoms with Gasteiger partial charge in [-0.25, -0.2) is 0 Å². The van der Waals surface area contributed by atoms with Gasteiger partial charge in [0.1, 0.15) is 11.7 Å². The summed E-state index contributed by atoms with van der Waals surface area (Å²) in [4.78, 5) is 0. The fourth-order valence-corrected chi connectivity index (χ4v) is 14.5. The molecule has 0 aromatic heterocycles. The van der Waals surface area contributed by atoms with Crippen molar-refractivity contribution in [2.45, 2.75) is 246 Å². The molecule has 1 unspecified atom stereocenters. The van der Waals surface area contributed by atoms with Gasteiger partial charge in [-0.15, -0.1) is 0 Å². The number of hydrogen-bond donors (Lipinski definition) is 1. The Morgan fingerprint density at radius 2 is 1.10 bits per heavy atom. The summed E-state index contributed by atoms with van der Waals surface area (Å²) in [7, 11) is -2.37. The van der Waals surface area contributed by atoms with E-state index in [0.29, 0.717) is 84.6 Å². The van der Waals surface area contributed by atoms with Crippen molar-refractivity contribution >= 4 is 8.32 Å². The average Bonchev–Trinajstić information content (AvgIpc) is 3.30. The maximum absolute atomic E-state index is 13.0. The molecule has 78 heavy (non-hydrogen) atoms. The second-order valence-electron chi connectivity index (χ2n) is 26.0. The molecule has 426 valence electrons. The lowest BCUT2D eigenvalue weighted by molar-refractivity contribution is -0.392. The Bertz CT molecular complexity index is 2520. The van der Waals surface area contributed by atoms with Gasteiger partial charge in [-0.05, 0) is 87.3 Å². The Hall–Kier alpha value is -3.38. The van der Waals surface area contributed by atoms with Crippen LogP contribution in [0, 0.1) is 0 Å². The number of aliphatic hydroxyl groups is 1. The molecule has 13 heteroatoms. The highest BCUT2D eigenvalue weighted by Crippen LogP contribution is 2.55. The predicted molar refractivity (Wildman–Crippen MR) is 302 cm³/mol. The zero-order valence-electron chi connectivity index (χ0n) is 48.1. The van der Waals surface area contributed by atoms with E-state index in [1.54, 1.807) is 0 Å². The van der Waals surface area contributed by atoms with Gasteiger partial charge >= 0.3 is 0 Å². The van der Waals surface area contributed by atoms with Crippen molar-refractivity contribution < 1.29 is 56.9 Å². The monoisotopic (exact) mass is 1090 g/mol. The van der Waals surface area contributed by atoms with Gasteiger partial charge in [0.05, 0.1) is 105 Å². The number of fused-ring (bicyclic) bond motifs is 4. The van der Waals surface area contributed by atoms with Gasteiger partial charge in [-0.2, -0.15) is 0 Å². The topological polar surface area (TPSA) is 122 Å². The maximum Gasteiger partial charge on any atom is 0.192 e. The molecule has 4 aromatic rings. The molecule has 0 radical (unpaired) electrons. The third-order valence-electron chi connectivity index (χ3n) is 18.7. The highest BCUT2D eigenvalue weighted by atomic mass is 28.4. The van der Waals surface area contributed by atoms with Crippen molar-refractivity contribution in [3.63, 3.8) is 0 Å². The first kappa shape index (κ1) is 57.8. The van der Waals surface area contributed by atoms with Crippen molar-refractivity contribution in [2.75, 3.05) is 13.2 Å². The van der Waals surface area contributed by atoms with E-state index >= 15 is 0 Å². The van der Waals surface area contributed by atoms with E-state index in [4.69, 9.17) is 51.8 Å². The molecule has 6 heterocycles. The number of rotatable bonds is 20. The molecule has 6 saturated heterocycles. The van der Waals surface area contributed by atoms with Crippen molar-refractivity contribution in [3.05, 3.63) is 144 Å². The second kappa shape index (κ2) is 23.8. The van der Waals surface area contributed by atoms with Crippen molar-refractivity contribution in [2.24, 2.45) is 0 Å². The van der Waals surface area contributed by atoms with E-state index in [1.807, 2.05) is 60.7 Å². The second-order valence-corrected chi connectivity index (χ2v) is 30.7. The fourth-order valence-electron chi connectivity index (χ4n) is 13.2. The summed E-state index contributed by atoms with van der Waals surface area (Å²) in [6.07, 6.45) is 2.90. The van der Waals surface area contributed by atoms with Crippen LogP contribution in [-0.2, 0) is 78.2 Å². The molecule has 6 aliphatic heterocycles. The Kier molecular flexibility index (Phi) is 17.7. The van der Waals surface area contributed by atoms with Crippen LogP contribution in [0.4, 0.5) is 0 Å². The van der Waals surface area contributed by atoms with Crippen LogP contribution in [0.5, 0.6) is 0 Å². The van der Waals surface area contributed by atoms with E-state index in [2.05, 4.69) is 122 Å². The summed E-state index contributed by atoms with van der Waals surface area (Å²) in [5, 5.41) is 12.9. The van der Waals surface area contributed by atoms with Crippen LogP contribution in [0.25, 0.3) is 0 Å². The average molecular weight is 1090 g/mol. The lowest BCUT2D eigenvalue weighted by Gasteiger charge is -2.62. The molecule has 0 spiro atoms. The highest BCUT2D eigenvalue weighted by molar-refractivity contribution is 6.74. The number of ether oxygens (including phenoxy) is 10. The summed E-state index contributed by atoms with van der Waals surface area (Å²) >= 11 is 0. The van der Waals surface area contributed by atoms with Gasteiger partial charge in [0, 0.05) is 51.6 Å². The minimum atomic E-state index is -2.37. The van der Waals surface area contributed by atoms with Crippen molar-refractivity contribution in [1.29, 1.82) is 0 Å². The van der Waals surface area contributed by atoms with Gasteiger partial charge in [0.25, 0.3) is 0 Å². The van der Waals surface area contributed by atoms with Crippen LogP contribution in [0.2, 0.25) is 18.1 Å². The third kappa shape index (κ3) is 13.3. The van der Waals surface area contributed by atoms with E-state index in [1.165, 1.54) is 0 Å². The molecule has 10 rings (SSSR count). The summed E-state index contributed by atoms with van der Waals surface area (Å²) in [5.41, 5.74) is 1.58. The predicted octanol–water partition coefficient (Wildman–Crippen LogP) is 12.4. The van der Waals surface area contributed by atoms with Gasteiger partial charge < -0.3 is 56.9 Å². The Balaban J connectivity index is 0.853. The van der Waals surface area contributed by atoms with E-state index in [0.717, 1.165) is 35.1 Å². The van der Waals surface area contributed by atoms with Crippen LogP contribution in [0.3, 0.4) is 0 Å². The van der Waals surface area contributed by atoms with E-state index in [-0.39, 0.29) is 60.3 Å². The maximum atomic E-state index is 13.0. The Morgan fingerprint density at radius 3 is 1.69 bits per heavy atom. The molecule has 6 aliphatic rings. The SMILES string of the molecule is CC(C)(C)[Si](C)(C)O[C@@H]1C[C@@H]2O[C@@H]3C[C@H](OCc4ccccc4)[C@@H](COCc4ccccc4)O[C@@]3(C)C[C@@]2(C)O[C@H]1CC1(O)CC[C@@]2(C)O[C@@]3(C)[C@@H](OCc4ccccc4)C[C@H](CCCOCc4ccccc4)O[C@@H]3C[C@@H]2O1. The lowest BCUT2D eigenvalue weighted by atomic mass is 9.71. The number of benzene rings is 4. The first-order valence-electron chi connectivity index (χ1n) is 29.2. The van der Waals surface area contributed by atoms with E-state index < -0.39 is 48.7 Å². The summed E-state index contributed by atoms with van der Waals surface area (Å²) in [5.74, 6) is -1.52. The Morgan fingerprint density at radius 1 is 0.564 bits per heavy atom. The van der Waals surface area contributed by atoms with Crippen LogP contribution in [0.15, 0.2) is 121 Å². The molecule has 1 N–H and O–H groups in total. The molecule has 4 aromatic carbocycles. The zero-order chi connectivity index (χ0) is 54.8. The molecule has 12 nitrogen and oxygen atoms in total. The van der Waals surface area contributed by atoms with Crippen LogP contribution in [0.1, 0.15) is 135 Å². The molecule has 6 fully saturated rings. The quantitative estimate of drug-likeness (QED) is 0.0670. The largest absolute Gasteiger partial charge is 0.411 e. The highest BCUT2D eigenvalue weighted by Gasteiger charge is 2.65. The Labute approximate surface area is 466 Å². The van der Waals surface area contributed by atoms with Crippen LogP contribution >= 0.6 is 0 Å². The van der Waals surface area contributed by atoms with Crippen LogP contribution in [-0.4, -0.2) is 116 Å². The molecule has 15 atom stereocenters. The fraction of sp³-hybridized carbons (Fsp3) is 0.631. The van der Waals surface area contributed by atoms with Gasteiger partial charge in [0.15, 0.2) is 14.1 Å². The van der Waals surface area contributed by atoms with Gasteiger partial charge in [0.2, 0.25) is 0 Å². The molecular formula is C65H90O12Si. The summed E-state index contributed by atoms with van der Waals surface area (Å²) < 4.78 is 77.0. The smallest absolute Gasteiger partial charge is 0.192 e. The molecule has 0 aliphatic carbocycles. The van der Waals surface area contributed by atoms with Crippen molar-refractivity contribution in [3.8, 4) is 0 Å². The molecule has 0 saturated carbocycles. The van der Waals surface area contributed by atoms with Crippen LogP contribution < -0.4 is 0 Å². The minimum absolute atomic E-state index is 0.0608. The summed E-state index contributed by atoms with van der Waals surface area (Å²) in [6, 6.07) is 41.2. The molecule has 0 bridgehead atoms. The zero-order valence-corrected chi connectivity index (χ0v) is 49.1. The molecule has 0 amide bonds. The minimum Gasteiger partial charge on any atom is -0.411 e.